The summed E-state index contributed by atoms with van der Waals surface area (Å²) in [4.78, 5) is 19.1. The van der Waals surface area contributed by atoms with Gasteiger partial charge < -0.3 is 14.6 Å². The molecular formula is C24H25F3N6O2. The maximum Gasteiger partial charge on any atom is 0.416 e. The Bertz CT molecular complexity index is 1280. The van der Waals surface area contributed by atoms with E-state index in [1.54, 1.807) is 12.4 Å². The number of ether oxygens (including phenoxy) is 1. The highest BCUT2D eigenvalue weighted by Gasteiger charge is 2.40. The van der Waals surface area contributed by atoms with E-state index in [1.165, 1.54) is 17.0 Å². The Labute approximate surface area is 200 Å². The largest absolute Gasteiger partial charge is 0.416 e. The van der Waals surface area contributed by atoms with E-state index in [0.717, 1.165) is 17.5 Å². The van der Waals surface area contributed by atoms with Crippen molar-refractivity contribution in [3.05, 3.63) is 64.7 Å². The van der Waals surface area contributed by atoms with Gasteiger partial charge in [-0.2, -0.15) is 13.2 Å². The molecule has 0 saturated carbocycles. The second kappa shape index (κ2) is 8.33. The Morgan fingerprint density at radius 1 is 1.26 bits per heavy atom. The molecule has 2 aromatic heterocycles. The normalized spacial score (nSPS) is 17.8. The summed E-state index contributed by atoms with van der Waals surface area (Å²) in [6, 6.07) is 7.37. The zero-order chi connectivity index (χ0) is 25.0. The SMILES string of the molecule is C[C@H](Cc1nncn1C)c1cc(NC2(C)COC2)nc(N2Cc3c(cccc3C(F)(F)F)C2=O)c1. The van der Waals surface area contributed by atoms with Gasteiger partial charge in [0.25, 0.3) is 5.91 Å². The summed E-state index contributed by atoms with van der Waals surface area (Å²) in [5, 5.41) is 11.4. The second-order valence-corrected chi connectivity index (χ2v) is 9.51. The van der Waals surface area contributed by atoms with Gasteiger partial charge in [0.15, 0.2) is 0 Å². The molecule has 2 aliphatic heterocycles. The molecule has 1 N–H and O–H groups in total. The number of aryl methyl sites for hydroxylation is 1. The van der Waals surface area contributed by atoms with E-state index in [4.69, 9.17) is 4.74 Å². The van der Waals surface area contributed by atoms with Gasteiger partial charge in [-0.15, -0.1) is 10.2 Å². The Hall–Kier alpha value is -3.47. The minimum absolute atomic E-state index is 0.0172. The Morgan fingerprint density at radius 3 is 2.66 bits per heavy atom. The fraction of sp³-hybridized carbons (Fsp3) is 0.417. The molecular weight excluding hydrogens is 461 g/mol. The smallest absolute Gasteiger partial charge is 0.376 e. The van der Waals surface area contributed by atoms with E-state index >= 15 is 0 Å². The molecule has 2 aliphatic rings. The van der Waals surface area contributed by atoms with Crippen molar-refractivity contribution in [3.63, 3.8) is 0 Å². The van der Waals surface area contributed by atoms with Crippen LogP contribution < -0.4 is 10.2 Å². The summed E-state index contributed by atoms with van der Waals surface area (Å²) in [6.07, 6.45) is -2.33. The summed E-state index contributed by atoms with van der Waals surface area (Å²) in [5.41, 5.74) is -0.206. The van der Waals surface area contributed by atoms with E-state index in [0.29, 0.717) is 31.3 Å². The van der Waals surface area contributed by atoms with Crippen molar-refractivity contribution >= 4 is 17.5 Å². The lowest BCUT2D eigenvalue weighted by atomic mass is 9.96. The van der Waals surface area contributed by atoms with Crippen LogP contribution in [0.3, 0.4) is 0 Å². The predicted octanol–water partition coefficient (Wildman–Crippen LogP) is 3.94. The van der Waals surface area contributed by atoms with Gasteiger partial charge in [0.05, 0.1) is 30.9 Å². The standard InChI is InChI=1S/C24H25F3N6O2/c1-14(7-21-31-28-13-32(21)3)15-8-19(30-23(2)11-35-12-23)29-20(9-15)33-10-17-16(22(33)34)5-4-6-18(17)24(25,26)27/h4-6,8-9,13-14H,7,10-12H2,1-3H3,(H,29,30)/t14-/m1/s1. The van der Waals surface area contributed by atoms with Gasteiger partial charge in [-0.3, -0.25) is 9.69 Å². The summed E-state index contributed by atoms with van der Waals surface area (Å²) in [7, 11) is 1.86. The Kier molecular flexibility index (Phi) is 5.54. The zero-order valence-electron chi connectivity index (χ0n) is 19.6. The minimum Gasteiger partial charge on any atom is -0.376 e. The summed E-state index contributed by atoms with van der Waals surface area (Å²) >= 11 is 0. The van der Waals surface area contributed by atoms with Crippen molar-refractivity contribution in [2.45, 2.75) is 44.4 Å². The highest BCUT2D eigenvalue weighted by atomic mass is 19.4. The van der Waals surface area contributed by atoms with Crippen LogP contribution in [0.4, 0.5) is 24.8 Å². The molecule has 1 saturated heterocycles. The molecule has 0 radical (unpaired) electrons. The van der Waals surface area contributed by atoms with Crippen LogP contribution in [0, 0.1) is 0 Å². The number of nitrogens with zero attached hydrogens (tertiary/aromatic N) is 5. The van der Waals surface area contributed by atoms with Gasteiger partial charge in [-0.25, -0.2) is 4.98 Å². The number of benzene rings is 1. The Balaban J connectivity index is 1.52. The highest BCUT2D eigenvalue weighted by Crippen LogP contribution is 2.39. The molecule has 1 fully saturated rings. The maximum atomic E-state index is 13.6. The van der Waals surface area contributed by atoms with Crippen molar-refractivity contribution in [2.24, 2.45) is 7.05 Å². The second-order valence-electron chi connectivity index (χ2n) is 9.51. The van der Waals surface area contributed by atoms with Gasteiger partial charge in [-0.1, -0.05) is 13.0 Å². The maximum absolute atomic E-state index is 13.6. The number of hydrogen-bond acceptors (Lipinski definition) is 6. The van der Waals surface area contributed by atoms with Crippen LogP contribution in [0.2, 0.25) is 0 Å². The molecule has 0 spiro atoms. The van der Waals surface area contributed by atoms with Crippen molar-refractivity contribution in [2.75, 3.05) is 23.4 Å². The lowest BCUT2D eigenvalue weighted by Crippen LogP contribution is -2.53. The number of rotatable bonds is 6. The number of nitrogens with one attached hydrogen (secondary N) is 1. The third kappa shape index (κ3) is 4.36. The number of aromatic nitrogens is 4. The average Bonchev–Trinajstić information content (AvgIpc) is 3.34. The van der Waals surface area contributed by atoms with E-state index in [9.17, 15) is 18.0 Å². The molecule has 8 nitrogen and oxygen atoms in total. The molecule has 1 aromatic carbocycles. The molecule has 184 valence electrons. The number of carbonyl (C=O) groups excluding carboxylic acids is 1. The van der Waals surface area contributed by atoms with Gasteiger partial charge in [0.2, 0.25) is 0 Å². The third-order valence-electron chi connectivity index (χ3n) is 6.52. The van der Waals surface area contributed by atoms with Gasteiger partial charge in [0, 0.05) is 19.0 Å². The monoisotopic (exact) mass is 486 g/mol. The average molecular weight is 486 g/mol. The first-order valence-corrected chi connectivity index (χ1v) is 11.3. The number of carbonyl (C=O) groups is 1. The van der Waals surface area contributed by atoms with E-state index in [2.05, 4.69) is 20.5 Å². The van der Waals surface area contributed by atoms with Crippen LogP contribution in [0.1, 0.15) is 52.6 Å². The highest BCUT2D eigenvalue weighted by molar-refractivity contribution is 6.10. The number of alkyl halides is 3. The van der Waals surface area contributed by atoms with Crippen molar-refractivity contribution in [1.82, 2.24) is 19.7 Å². The van der Waals surface area contributed by atoms with Crippen LogP contribution in [-0.2, 0) is 30.9 Å². The van der Waals surface area contributed by atoms with Crippen molar-refractivity contribution in [3.8, 4) is 0 Å². The molecule has 0 unspecified atom stereocenters. The number of hydrogen-bond donors (Lipinski definition) is 1. The molecule has 0 bridgehead atoms. The van der Waals surface area contributed by atoms with Crippen molar-refractivity contribution < 1.29 is 22.7 Å². The molecule has 4 heterocycles. The first-order chi connectivity index (χ1) is 16.5. The van der Waals surface area contributed by atoms with Crippen LogP contribution >= 0.6 is 0 Å². The molecule has 5 rings (SSSR count). The molecule has 3 aromatic rings. The fourth-order valence-corrected chi connectivity index (χ4v) is 4.48. The van der Waals surface area contributed by atoms with Gasteiger partial charge in [-0.05, 0) is 48.2 Å². The van der Waals surface area contributed by atoms with Gasteiger partial charge in [0.1, 0.15) is 23.8 Å². The van der Waals surface area contributed by atoms with E-state index in [1.807, 2.05) is 31.5 Å². The third-order valence-corrected chi connectivity index (χ3v) is 6.52. The summed E-state index contributed by atoms with van der Waals surface area (Å²) in [6.45, 7) is 4.84. The van der Waals surface area contributed by atoms with Gasteiger partial charge >= 0.3 is 6.18 Å². The molecule has 11 heteroatoms. The Morgan fingerprint density at radius 2 is 2.03 bits per heavy atom. The summed E-state index contributed by atoms with van der Waals surface area (Å²) in [5.74, 6) is 1.11. The van der Waals surface area contributed by atoms with Crippen LogP contribution in [0.5, 0.6) is 0 Å². The first kappa shape index (κ1) is 23.3. The number of halogens is 3. The predicted molar refractivity (Wildman–Crippen MR) is 122 cm³/mol. The zero-order valence-corrected chi connectivity index (χ0v) is 19.6. The topological polar surface area (TPSA) is 85.2 Å². The quantitative estimate of drug-likeness (QED) is 0.568. The number of amides is 1. The van der Waals surface area contributed by atoms with Crippen LogP contribution in [0.15, 0.2) is 36.7 Å². The number of pyridine rings is 1. The first-order valence-electron chi connectivity index (χ1n) is 11.3. The lowest BCUT2D eigenvalue weighted by Gasteiger charge is -2.39. The van der Waals surface area contributed by atoms with Crippen molar-refractivity contribution in [1.29, 1.82) is 0 Å². The summed E-state index contributed by atoms with van der Waals surface area (Å²) < 4.78 is 48.0. The molecule has 1 atom stereocenters. The molecule has 1 amide bonds. The number of anilines is 2. The van der Waals surface area contributed by atoms with Crippen LogP contribution in [0.25, 0.3) is 0 Å². The molecule has 0 aliphatic carbocycles. The number of fused-ring (bicyclic) bond motifs is 1. The lowest BCUT2D eigenvalue weighted by molar-refractivity contribution is -0.138. The fourth-order valence-electron chi connectivity index (χ4n) is 4.48. The van der Waals surface area contributed by atoms with Crippen LogP contribution in [-0.4, -0.2) is 44.4 Å². The molecule has 35 heavy (non-hydrogen) atoms. The van der Waals surface area contributed by atoms with E-state index in [-0.39, 0.29) is 29.1 Å². The minimum atomic E-state index is -4.55. The van der Waals surface area contributed by atoms with E-state index < -0.39 is 17.6 Å².